The lowest BCUT2D eigenvalue weighted by Crippen LogP contribution is -2.04. The molecule has 7 nitrogen and oxygen atoms in total. The van der Waals surface area contributed by atoms with Gasteiger partial charge in [0.05, 0.1) is 40.0 Å². The highest BCUT2D eigenvalue weighted by molar-refractivity contribution is 6.11. The van der Waals surface area contributed by atoms with Crippen LogP contribution in [0.1, 0.15) is 11.1 Å². The van der Waals surface area contributed by atoms with E-state index in [-0.39, 0.29) is 0 Å². The molecule has 0 aliphatic heterocycles. The average molecular weight is 678 g/mol. The van der Waals surface area contributed by atoms with E-state index in [2.05, 4.69) is 64.2 Å². The molecule has 0 saturated carbocycles. The molecular weight excluding hydrogens is 651 g/mol. The van der Waals surface area contributed by atoms with Crippen LogP contribution in [0.5, 0.6) is 0 Å². The van der Waals surface area contributed by atoms with E-state index in [1.54, 1.807) is 24.5 Å². The topological polar surface area (TPSA) is 104 Å². The van der Waals surface area contributed by atoms with Gasteiger partial charge in [-0.2, -0.15) is 10.5 Å². The van der Waals surface area contributed by atoms with Crippen molar-refractivity contribution in [3.8, 4) is 74.2 Å². The van der Waals surface area contributed by atoms with Gasteiger partial charge < -0.3 is 4.57 Å². The normalized spacial score (nSPS) is 11.0. The van der Waals surface area contributed by atoms with Gasteiger partial charge in [-0.25, -0.2) is 15.0 Å². The molecule has 0 bridgehead atoms. The molecule has 9 aromatic rings. The van der Waals surface area contributed by atoms with Crippen molar-refractivity contribution >= 4 is 21.8 Å². The fourth-order valence-electron chi connectivity index (χ4n) is 6.92. The standard InChI is InChI=1S/C46H27N7/c47-28-30-15-18-37(36(25-30)29-48)35-17-20-42-39(27-35)38-13-7-8-14-41(38)53(42)43-19-16-34(31-21-23-49-24-22-31)26-40(43)46-51-44(32-9-3-1-4-10-32)50-45(52-46)33-11-5-2-6-12-33/h1-27H. The van der Waals surface area contributed by atoms with Gasteiger partial charge in [0.15, 0.2) is 17.5 Å². The second kappa shape index (κ2) is 13.2. The Kier molecular flexibility index (Phi) is 7.78. The van der Waals surface area contributed by atoms with Gasteiger partial charge in [0, 0.05) is 39.9 Å². The number of hydrogen-bond donors (Lipinski definition) is 0. The summed E-state index contributed by atoms with van der Waals surface area (Å²) in [5.74, 6) is 1.71. The quantitative estimate of drug-likeness (QED) is 0.173. The highest BCUT2D eigenvalue weighted by Crippen LogP contribution is 2.40. The van der Waals surface area contributed by atoms with E-state index in [0.717, 1.165) is 66.4 Å². The molecule has 3 aromatic heterocycles. The van der Waals surface area contributed by atoms with Gasteiger partial charge in [0.2, 0.25) is 0 Å². The van der Waals surface area contributed by atoms with Gasteiger partial charge >= 0.3 is 0 Å². The van der Waals surface area contributed by atoms with E-state index >= 15 is 0 Å². The predicted molar refractivity (Wildman–Crippen MR) is 209 cm³/mol. The monoisotopic (exact) mass is 677 g/mol. The number of para-hydroxylation sites is 1. The lowest BCUT2D eigenvalue weighted by molar-refractivity contribution is 1.06. The van der Waals surface area contributed by atoms with Crippen molar-refractivity contribution in [2.24, 2.45) is 0 Å². The smallest absolute Gasteiger partial charge is 0.166 e. The Morgan fingerprint density at radius 2 is 1.08 bits per heavy atom. The number of pyridine rings is 1. The molecule has 0 atom stereocenters. The van der Waals surface area contributed by atoms with Crippen LogP contribution >= 0.6 is 0 Å². The molecule has 0 spiro atoms. The molecule has 0 aliphatic carbocycles. The molecule has 0 amide bonds. The summed E-state index contributed by atoms with van der Waals surface area (Å²) >= 11 is 0. The number of aromatic nitrogens is 5. The number of nitrogens with zero attached hydrogens (tertiary/aromatic N) is 7. The zero-order valence-electron chi connectivity index (χ0n) is 28.2. The molecule has 0 saturated heterocycles. The highest BCUT2D eigenvalue weighted by atomic mass is 15.1. The molecule has 9 rings (SSSR count). The molecule has 53 heavy (non-hydrogen) atoms. The minimum atomic E-state index is 0.454. The van der Waals surface area contributed by atoms with Crippen LogP contribution in [0.3, 0.4) is 0 Å². The van der Waals surface area contributed by atoms with E-state index < -0.39 is 0 Å². The largest absolute Gasteiger partial charge is 0.309 e. The van der Waals surface area contributed by atoms with Gasteiger partial charge in [0.1, 0.15) is 0 Å². The van der Waals surface area contributed by atoms with Crippen molar-refractivity contribution in [2.45, 2.75) is 0 Å². The first-order chi connectivity index (χ1) is 26.2. The maximum Gasteiger partial charge on any atom is 0.166 e. The summed E-state index contributed by atoms with van der Waals surface area (Å²) in [6, 6.07) is 54.6. The van der Waals surface area contributed by atoms with E-state index in [9.17, 15) is 10.5 Å². The maximum absolute atomic E-state index is 9.98. The minimum Gasteiger partial charge on any atom is -0.309 e. The number of nitriles is 2. The van der Waals surface area contributed by atoms with Gasteiger partial charge in [-0.1, -0.05) is 97.1 Å². The zero-order valence-corrected chi connectivity index (χ0v) is 28.2. The highest BCUT2D eigenvalue weighted by Gasteiger charge is 2.21. The van der Waals surface area contributed by atoms with Crippen molar-refractivity contribution in [1.29, 1.82) is 10.5 Å². The third-order valence-corrected chi connectivity index (χ3v) is 9.44. The number of fused-ring (bicyclic) bond motifs is 3. The first-order valence-corrected chi connectivity index (χ1v) is 17.1. The van der Waals surface area contributed by atoms with Crippen molar-refractivity contribution in [2.75, 3.05) is 0 Å². The second-order valence-electron chi connectivity index (χ2n) is 12.6. The Hall–Kier alpha value is -7.74. The van der Waals surface area contributed by atoms with Crippen LogP contribution in [-0.2, 0) is 0 Å². The van der Waals surface area contributed by atoms with E-state index in [1.807, 2.05) is 97.1 Å². The summed E-state index contributed by atoms with van der Waals surface area (Å²) in [4.78, 5) is 19.5. The summed E-state index contributed by atoms with van der Waals surface area (Å²) in [5, 5.41) is 21.5. The fraction of sp³-hybridized carbons (Fsp3) is 0. The van der Waals surface area contributed by atoms with Crippen LogP contribution < -0.4 is 0 Å². The Morgan fingerprint density at radius 1 is 0.434 bits per heavy atom. The average Bonchev–Trinajstić information content (AvgIpc) is 3.57. The molecule has 7 heteroatoms. The molecule has 3 heterocycles. The van der Waals surface area contributed by atoms with Crippen molar-refractivity contribution in [3.05, 3.63) is 175 Å². The van der Waals surface area contributed by atoms with Crippen LogP contribution in [0.2, 0.25) is 0 Å². The van der Waals surface area contributed by atoms with Gasteiger partial charge in [0.25, 0.3) is 0 Å². The molecule has 246 valence electrons. The lowest BCUT2D eigenvalue weighted by atomic mass is 9.97. The summed E-state index contributed by atoms with van der Waals surface area (Å²) in [5.41, 5.74) is 10.1. The van der Waals surface area contributed by atoms with Crippen LogP contribution in [0.15, 0.2) is 164 Å². The first-order valence-electron chi connectivity index (χ1n) is 17.1. The Morgan fingerprint density at radius 3 is 1.77 bits per heavy atom. The fourth-order valence-corrected chi connectivity index (χ4v) is 6.92. The number of benzene rings is 6. The SMILES string of the molecule is N#Cc1ccc(-c2ccc3c(c2)c2ccccc2n3-c2ccc(-c3ccncc3)cc2-c2nc(-c3ccccc3)nc(-c3ccccc3)n2)c(C#N)c1. The minimum absolute atomic E-state index is 0.454. The van der Waals surface area contributed by atoms with Gasteiger partial charge in [-0.15, -0.1) is 0 Å². The summed E-state index contributed by atoms with van der Waals surface area (Å²) in [6.45, 7) is 0. The van der Waals surface area contributed by atoms with Crippen LogP contribution in [0.4, 0.5) is 0 Å². The van der Waals surface area contributed by atoms with E-state index in [0.29, 0.717) is 28.6 Å². The van der Waals surface area contributed by atoms with Crippen LogP contribution in [0.25, 0.3) is 83.9 Å². The van der Waals surface area contributed by atoms with Crippen molar-refractivity contribution < 1.29 is 0 Å². The Labute approximate surface area is 305 Å². The molecule has 0 unspecified atom stereocenters. The summed E-state index contributed by atoms with van der Waals surface area (Å²) in [7, 11) is 0. The third-order valence-electron chi connectivity index (χ3n) is 9.44. The lowest BCUT2D eigenvalue weighted by Gasteiger charge is -2.16. The van der Waals surface area contributed by atoms with Gasteiger partial charge in [-0.05, 0) is 76.9 Å². The van der Waals surface area contributed by atoms with Crippen LogP contribution in [0, 0.1) is 22.7 Å². The molecule has 0 fully saturated rings. The second-order valence-corrected chi connectivity index (χ2v) is 12.6. The third kappa shape index (κ3) is 5.65. The van der Waals surface area contributed by atoms with Crippen molar-refractivity contribution in [1.82, 2.24) is 24.5 Å². The maximum atomic E-state index is 9.98. The van der Waals surface area contributed by atoms with Crippen LogP contribution in [-0.4, -0.2) is 24.5 Å². The predicted octanol–water partition coefficient (Wildman–Crippen LogP) is 10.4. The van der Waals surface area contributed by atoms with E-state index in [4.69, 9.17) is 15.0 Å². The molecule has 0 aliphatic rings. The van der Waals surface area contributed by atoms with Crippen molar-refractivity contribution in [3.63, 3.8) is 0 Å². The summed E-state index contributed by atoms with van der Waals surface area (Å²) in [6.07, 6.45) is 3.59. The molecular formula is C46H27N7. The Balaban J connectivity index is 1.32. The summed E-state index contributed by atoms with van der Waals surface area (Å²) < 4.78 is 2.26. The zero-order chi connectivity index (χ0) is 35.7. The number of rotatable bonds is 6. The molecule has 6 aromatic carbocycles. The number of hydrogen-bond acceptors (Lipinski definition) is 6. The molecule has 0 radical (unpaired) electrons. The first kappa shape index (κ1) is 31.3. The van der Waals surface area contributed by atoms with Gasteiger partial charge in [-0.3, -0.25) is 4.98 Å². The molecule has 0 N–H and O–H groups in total. The van der Waals surface area contributed by atoms with E-state index in [1.165, 1.54) is 0 Å². The Bertz CT molecular complexity index is 2850.